The van der Waals surface area contributed by atoms with Crippen molar-refractivity contribution < 1.29 is 8.42 Å². The highest BCUT2D eigenvalue weighted by Gasteiger charge is 2.18. The number of hydrogen-bond donors (Lipinski definition) is 2. The summed E-state index contributed by atoms with van der Waals surface area (Å²) in [6.45, 7) is 0.474. The number of nitrogens with two attached hydrogens (primary N) is 1. The number of nitrogens with one attached hydrogen (secondary N) is 1. The van der Waals surface area contributed by atoms with E-state index in [9.17, 15) is 8.42 Å². The van der Waals surface area contributed by atoms with Gasteiger partial charge in [0.15, 0.2) is 0 Å². The lowest BCUT2D eigenvalue weighted by atomic mass is 10.1. The fourth-order valence-corrected chi connectivity index (χ4v) is 3.13. The molecule has 0 unspecified atom stereocenters. The van der Waals surface area contributed by atoms with Crippen LogP contribution in [0.3, 0.4) is 0 Å². The first-order chi connectivity index (χ1) is 10.1. The molecule has 0 aliphatic carbocycles. The van der Waals surface area contributed by atoms with Gasteiger partial charge in [-0.15, -0.1) is 0 Å². The van der Waals surface area contributed by atoms with Crippen LogP contribution in [0.1, 0.15) is 16.7 Å². The van der Waals surface area contributed by atoms with E-state index in [4.69, 9.17) is 11.0 Å². The highest BCUT2D eigenvalue weighted by atomic mass is 32.2. The number of benzene rings is 2. The molecule has 0 amide bonds. The molecular weight excluding hydrogens is 286 g/mol. The van der Waals surface area contributed by atoms with Gasteiger partial charge in [-0.25, -0.2) is 13.1 Å². The first-order valence-corrected chi connectivity index (χ1v) is 7.82. The van der Waals surface area contributed by atoms with Gasteiger partial charge < -0.3 is 5.73 Å². The number of hydrogen-bond acceptors (Lipinski definition) is 4. The molecule has 0 saturated heterocycles. The maximum atomic E-state index is 12.3. The fourth-order valence-electron chi connectivity index (χ4n) is 1.97. The molecule has 0 spiro atoms. The van der Waals surface area contributed by atoms with Crippen LogP contribution >= 0.6 is 0 Å². The molecule has 108 valence electrons. The van der Waals surface area contributed by atoms with Gasteiger partial charge in [0.05, 0.1) is 10.5 Å². The Morgan fingerprint density at radius 3 is 2.33 bits per heavy atom. The third-order valence-corrected chi connectivity index (χ3v) is 4.55. The summed E-state index contributed by atoms with van der Waals surface area (Å²) in [4.78, 5) is -0.0160. The zero-order valence-electron chi connectivity index (χ0n) is 11.3. The zero-order valence-corrected chi connectivity index (χ0v) is 12.1. The number of sulfonamides is 1. The van der Waals surface area contributed by atoms with Crippen molar-refractivity contribution in [3.05, 3.63) is 65.2 Å². The predicted octanol–water partition coefficient (Wildman–Crippen LogP) is 1.50. The predicted molar refractivity (Wildman–Crippen MR) is 79.5 cm³/mol. The Kier molecular flexibility index (Phi) is 4.70. The summed E-state index contributed by atoms with van der Waals surface area (Å²) in [6.07, 6.45) is 0. The van der Waals surface area contributed by atoms with Crippen LogP contribution in [0, 0.1) is 11.3 Å². The van der Waals surface area contributed by atoms with Gasteiger partial charge in [0, 0.05) is 13.1 Å². The zero-order chi connectivity index (χ0) is 15.3. The molecule has 0 radical (unpaired) electrons. The summed E-state index contributed by atoms with van der Waals surface area (Å²) < 4.78 is 27.1. The van der Waals surface area contributed by atoms with Crippen LogP contribution in [0.25, 0.3) is 0 Å². The average Bonchev–Trinajstić information content (AvgIpc) is 2.53. The standard InChI is InChI=1S/C15H15N3O2S/c16-9-12-5-1-2-7-14(12)11-18-21(19,20)15-8-4-3-6-13(15)10-17/h1-8,18H,9,11,16H2. The second kappa shape index (κ2) is 6.50. The maximum Gasteiger partial charge on any atom is 0.242 e. The van der Waals surface area contributed by atoms with Crippen molar-refractivity contribution in [2.75, 3.05) is 0 Å². The first-order valence-electron chi connectivity index (χ1n) is 6.34. The van der Waals surface area contributed by atoms with Crippen LogP contribution in [0.5, 0.6) is 0 Å². The molecule has 2 aromatic carbocycles. The van der Waals surface area contributed by atoms with Gasteiger partial charge in [-0.3, -0.25) is 0 Å². The van der Waals surface area contributed by atoms with Crippen LogP contribution in [0.2, 0.25) is 0 Å². The Morgan fingerprint density at radius 1 is 1.05 bits per heavy atom. The molecule has 0 bridgehead atoms. The lowest BCUT2D eigenvalue weighted by molar-refractivity contribution is 0.581. The molecule has 0 aliphatic heterocycles. The van der Waals surface area contributed by atoms with Crippen LogP contribution in [-0.2, 0) is 23.1 Å². The highest BCUT2D eigenvalue weighted by Crippen LogP contribution is 2.15. The monoisotopic (exact) mass is 301 g/mol. The maximum absolute atomic E-state index is 12.3. The Morgan fingerprint density at radius 2 is 1.67 bits per heavy atom. The molecule has 0 aliphatic rings. The van der Waals surface area contributed by atoms with E-state index in [0.29, 0.717) is 6.54 Å². The van der Waals surface area contributed by atoms with Gasteiger partial charge in [0.25, 0.3) is 0 Å². The number of rotatable bonds is 5. The van der Waals surface area contributed by atoms with Gasteiger partial charge in [0.2, 0.25) is 10.0 Å². The van der Waals surface area contributed by atoms with Gasteiger partial charge in [0.1, 0.15) is 6.07 Å². The lowest BCUT2D eigenvalue weighted by Crippen LogP contribution is -2.24. The van der Waals surface area contributed by atoms with Gasteiger partial charge in [-0.05, 0) is 23.3 Å². The van der Waals surface area contributed by atoms with Crippen molar-refractivity contribution in [2.45, 2.75) is 18.0 Å². The van der Waals surface area contributed by atoms with Crippen molar-refractivity contribution >= 4 is 10.0 Å². The normalized spacial score (nSPS) is 11.0. The van der Waals surface area contributed by atoms with Crippen molar-refractivity contribution in [2.24, 2.45) is 5.73 Å². The molecule has 3 N–H and O–H groups in total. The third kappa shape index (κ3) is 3.47. The van der Waals surface area contributed by atoms with E-state index in [2.05, 4.69) is 4.72 Å². The Hall–Kier alpha value is -2.20. The van der Waals surface area contributed by atoms with E-state index in [0.717, 1.165) is 11.1 Å². The van der Waals surface area contributed by atoms with E-state index >= 15 is 0 Å². The largest absolute Gasteiger partial charge is 0.326 e. The molecule has 2 rings (SSSR count). The minimum Gasteiger partial charge on any atom is -0.326 e. The average molecular weight is 301 g/mol. The summed E-state index contributed by atoms with van der Waals surface area (Å²) in [5.74, 6) is 0. The summed E-state index contributed by atoms with van der Waals surface area (Å²) >= 11 is 0. The Bertz CT molecular complexity index is 780. The van der Waals surface area contributed by atoms with Crippen LogP contribution in [0.4, 0.5) is 0 Å². The van der Waals surface area contributed by atoms with Crippen molar-refractivity contribution in [3.63, 3.8) is 0 Å². The number of nitriles is 1. The highest BCUT2D eigenvalue weighted by molar-refractivity contribution is 7.89. The summed E-state index contributed by atoms with van der Waals surface area (Å²) in [7, 11) is -3.74. The van der Waals surface area contributed by atoms with Crippen molar-refractivity contribution in [3.8, 4) is 6.07 Å². The Balaban J connectivity index is 2.25. The topological polar surface area (TPSA) is 96.0 Å². The Labute approximate surface area is 124 Å². The first kappa shape index (κ1) is 15.2. The van der Waals surface area contributed by atoms with Crippen LogP contribution in [-0.4, -0.2) is 8.42 Å². The van der Waals surface area contributed by atoms with Crippen molar-refractivity contribution in [1.29, 1.82) is 5.26 Å². The molecule has 0 saturated carbocycles. The van der Waals surface area contributed by atoms with E-state index in [-0.39, 0.29) is 17.0 Å². The molecule has 0 heterocycles. The molecule has 0 aromatic heterocycles. The van der Waals surface area contributed by atoms with Crippen LogP contribution < -0.4 is 10.5 Å². The van der Waals surface area contributed by atoms with Gasteiger partial charge >= 0.3 is 0 Å². The summed E-state index contributed by atoms with van der Waals surface area (Å²) in [6, 6.07) is 15.3. The third-order valence-electron chi connectivity index (χ3n) is 3.09. The second-order valence-corrected chi connectivity index (χ2v) is 6.14. The second-order valence-electron chi connectivity index (χ2n) is 4.41. The van der Waals surface area contributed by atoms with E-state index in [1.165, 1.54) is 12.1 Å². The van der Waals surface area contributed by atoms with E-state index < -0.39 is 10.0 Å². The molecule has 0 fully saturated rings. The molecule has 2 aromatic rings. The smallest absolute Gasteiger partial charge is 0.242 e. The van der Waals surface area contributed by atoms with Gasteiger partial charge in [-0.2, -0.15) is 5.26 Å². The van der Waals surface area contributed by atoms with E-state index in [1.54, 1.807) is 12.1 Å². The molecular formula is C15H15N3O2S. The molecule has 6 heteroatoms. The molecule has 0 atom stereocenters. The molecule has 21 heavy (non-hydrogen) atoms. The quantitative estimate of drug-likeness (QED) is 0.874. The van der Waals surface area contributed by atoms with Crippen molar-refractivity contribution in [1.82, 2.24) is 4.72 Å². The SMILES string of the molecule is N#Cc1ccccc1S(=O)(=O)NCc1ccccc1CN. The summed E-state index contributed by atoms with van der Waals surface area (Å²) in [5, 5.41) is 8.99. The number of nitrogens with zero attached hydrogens (tertiary/aromatic N) is 1. The minimum atomic E-state index is -3.74. The van der Waals surface area contributed by atoms with Gasteiger partial charge in [-0.1, -0.05) is 36.4 Å². The van der Waals surface area contributed by atoms with E-state index in [1.807, 2.05) is 30.3 Å². The lowest BCUT2D eigenvalue weighted by Gasteiger charge is -2.10. The van der Waals surface area contributed by atoms with Crippen LogP contribution in [0.15, 0.2) is 53.4 Å². The summed E-state index contributed by atoms with van der Waals surface area (Å²) in [5.41, 5.74) is 7.45. The molecule has 5 nitrogen and oxygen atoms in total. The fraction of sp³-hybridized carbons (Fsp3) is 0.133. The minimum absolute atomic E-state index is 0.0160.